The molecule has 0 aliphatic heterocycles. The van der Waals surface area contributed by atoms with Gasteiger partial charge in [0.2, 0.25) is 10.0 Å². The van der Waals surface area contributed by atoms with Crippen molar-refractivity contribution in [2.24, 2.45) is 5.41 Å². The third kappa shape index (κ3) is 3.76. The second-order valence-electron chi connectivity index (χ2n) is 5.28. The molecule has 102 valence electrons. The normalized spacial score (nSPS) is 14.6. The summed E-state index contributed by atoms with van der Waals surface area (Å²) in [4.78, 5) is 0.0417. The van der Waals surface area contributed by atoms with Crippen LogP contribution in [0.1, 0.15) is 27.7 Å². The van der Waals surface area contributed by atoms with Crippen molar-refractivity contribution in [3.8, 4) is 0 Å². The molecule has 1 aromatic rings. The maximum atomic E-state index is 12.9. The highest BCUT2D eigenvalue weighted by Gasteiger charge is 2.27. The number of rotatable bonds is 3. The van der Waals surface area contributed by atoms with E-state index < -0.39 is 15.8 Å². The van der Waals surface area contributed by atoms with Gasteiger partial charge in [0.05, 0.1) is 4.90 Å². The Hall–Kier alpha value is -0.460. The van der Waals surface area contributed by atoms with Crippen molar-refractivity contribution in [2.75, 3.05) is 0 Å². The third-order valence-electron chi connectivity index (χ3n) is 2.81. The van der Waals surface area contributed by atoms with Crippen LogP contribution in [0, 0.1) is 11.2 Å². The fraction of sp³-hybridized carbons (Fsp3) is 0.500. The van der Waals surface area contributed by atoms with E-state index in [-0.39, 0.29) is 20.8 Å². The van der Waals surface area contributed by atoms with E-state index in [0.29, 0.717) is 0 Å². The molecule has 1 N–H and O–H groups in total. The summed E-state index contributed by atoms with van der Waals surface area (Å²) in [6, 6.07) is 3.27. The van der Waals surface area contributed by atoms with Gasteiger partial charge in [-0.1, -0.05) is 20.8 Å². The van der Waals surface area contributed by atoms with Crippen LogP contribution in [0.3, 0.4) is 0 Å². The highest BCUT2D eigenvalue weighted by molar-refractivity contribution is 9.10. The summed E-state index contributed by atoms with van der Waals surface area (Å²) in [5.74, 6) is -0.482. The van der Waals surface area contributed by atoms with Gasteiger partial charge in [0.25, 0.3) is 0 Å². The summed E-state index contributed by atoms with van der Waals surface area (Å²) in [6.45, 7) is 7.63. The number of halogens is 2. The van der Waals surface area contributed by atoms with Crippen molar-refractivity contribution in [3.05, 3.63) is 28.5 Å². The molecule has 0 radical (unpaired) electrons. The topological polar surface area (TPSA) is 46.2 Å². The molecule has 0 fully saturated rings. The fourth-order valence-electron chi connectivity index (χ4n) is 1.17. The van der Waals surface area contributed by atoms with Crippen LogP contribution in [0.25, 0.3) is 0 Å². The minimum atomic E-state index is -3.65. The van der Waals surface area contributed by atoms with E-state index in [4.69, 9.17) is 0 Å². The van der Waals surface area contributed by atoms with Crippen LogP contribution < -0.4 is 4.72 Å². The minimum absolute atomic E-state index is 0.0417. The quantitative estimate of drug-likeness (QED) is 0.919. The SMILES string of the molecule is CC(NS(=O)(=O)c1ccc(F)cc1Br)C(C)(C)C. The highest BCUT2D eigenvalue weighted by Crippen LogP contribution is 2.25. The molecule has 0 bridgehead atoms. The van der Waals surface area contributed by atoms with Crippen LogP contribution in [0.5, 0.6) is 0 Å². The standard InChI is InChI=1S/C12H17BrFNO2S/c1-8(12(2,3)4)15-18(16,17)11-6-5-9(14)7-10(11)13/h5-8,15H,1-4H3. The van der Waals surface area contributed by atoms with E-state index >= 15 is 0 Å². The van der Waals surface area contributed by atoms with Gasteiger partial charge in [-0.25, -0.2) is 17.5 Å². The molecule has 6 heteroatoms. The average molecular weight is 338 g/mol. The second-order valence-corrected chi connectivity index (χ2v) is 7.82. The fourth-order valence-corrected chi connectivity index (χ4v) is 3.67. The van der Waals surface area contributed by atoms with Gasteiger partial charge in [-0.2, -0.15) is 0 Å². The predicted molar refractivity (Wildman–Crippen MR) is 73.3 cm³/mol. The first-order valence-electron chi connectivity index (χ1n) is 5.51. The van der Waals surface area contributed by atoms with Crippen LogP contribution in [0.2, 0.25) is 0 Å². The van der Waals surface area contributed by atoms with Crippen molar-refractivity contribution in [2.45, 2.75) is 38.6 Å². The van der Waals surface area contributed by atoms with E-state index in [1.807, 2.05) is 20.8 Å². The molecule has 1 rings (SSSR count). The maximum Gasteiger partial charge on any atom is 0.241 e. The average Bonchev–Trinajstić information content (AvgIpc) is 2.14. The third-order valence-corrected chi connectivity index (χ3v) is 5.33. The molecule has 0 heterocycles. The van der Waals surface area contributed by atoms with E-state index in [0.717, 1.165) is 12.1 Å². The molecule has 0 amide bonds. The zero-order valence-electron chi connectivity index (χ0n) is 10.8. The lowest BCUT2D eigenvalue weighted by atomic mass is 9.89. The number of benzene rings is 1. The van der Waals surface area contributed by atoms with Gasteiger partial charge in [-0.15, -0.1) is 0 Å². The Kier molecular flexibility index (Phi) is 4.56. The molecule has 18 heavy (non-hydrogen) atoms. The molecule has 0 aliphatic rings. The number of hydrogen-bond acceptors (Lipinski definition) is 2. The summed E-state index contributed by atoms with van der Waals surface area (Å²) in [7, 11) is -3.65. The van der Waals surface area contributed by atoms with Crippen molar-refractivity contribution in [1.82, 2.24) is 4.72 Å². The van der Waals surface area contributed by atoms with Crippen molar-refractivity contribution in [3.63, 3.8) is 0 Å². The molecule has 0 aromatic heterocycles. The van der Waals surface area contributed by atoms with Crippen LogP contribution >= 0.6 is 15.9 Å². The molecule has 1 atom stereocenters. The molecule has 0 aliphatic carbocycles. The lowest BCUT2D eigenvalue weighted by Gasteiger charge is -2.28. The van der Waals surface area contributed by atoms with Gasteiger partial charge in [0.1, 0.15) is 5.82 Å². The first-order valence-corrected chi connectivity index (χ1v) is 7.79. The van der Waals surface area contributed by atoms with Crippen molar-refractivity contribution < 1.29 is 12.8 Å². The Morgan fingerprint density at radius 2 is 1.89 bits per heavy atom. The molecular weight excluding hydrogens is 321 g/mol. The first-order chi connectivity index (χ1) is 8.04. The van der Waals surface area contributed by atoms with Crippen LogP contribution in [-0.2, 0) is 10.0 Å². The Balaban J connectivity index is 3.08. The summed E-state index contributed by atoms with van der Waals surface area (Å²) >= 11 is 3.06. The van der Waals surface area contributed by atoms with Crippen LogP contribution in [0.15, 0.2) is 27.6 Å². The highest BCUT2D eigenvalue weighted by atomic mass is 79.9. The van der Waals surface area contributed by atoms with E-state index in [2.05, 4.69) is 20.7 Å². The molecular formula is C12H17BrFNO2S. The Bertz CT molecular complexity index is 537. The monoisotopic (exact) mass is 337 g/mol. The largest absolute Gasteiger partial charge is 0.241 e. The van der Waals surface area contributed by atoms with E-state index in [9.17, 15) is 12.8 Å². The smallest absolute Gasteiger partial charge is 0.208 e. The molecule has 0 saturated heterocycles. The lowest BCUT2D eigenvalue weighted by Crippen LogP contribution is -2.41. The number of sulfonamides is 1. The Morgan fingerprint density at radius 3 is 2.33 bits per heavy atom. The molecule has 1 aromatic carbocycles. The van der Waals surface area contributed by atoms with Gasteiger partial charge < -0.3 is 0 Å². The van der Waals surface area contributed by atoms with Crippen LogP contribution in [0.4, 0.5) is 4.39 Å². The molecule has 0 spiro atoms. The number of nitrogens with one attached hydrogen (secondary N) is 1. The zero-order chi connectivity index (χ0) is 14.1. The van der Waals surface area contributed by atoms with E-state index in [1.54, 1.807) is 6.92 Å². The van der Waals surface area contributed by atoms with Crippen molar-refractivity contribution in [1.29, 1.82) is 0 Å². The van der Waals surface area contributed by atoms with Gasteiger partial charge in [-0.3, -0.25) is 0 Å². The Labute approximate surface area is 116 Å². The number of hydrogen-bond donors (Lipinski definition) is 1. The van der Waals surface area contributed by atoms with Gasteiger partial charge in [0, 0.05) is 10.5 Å². The minimum Gasteiger partial charge on any atom is -0.208 e. The lowest BCUT2D eigenvalue weighted by molar-refractivity contribution is 0.317. The van der Waals surface area contributed by atoms with E-state index in [1.165, 1.54) is 6.07 Å². The summed E-state index contributed by atoms with van der Waals surface area (Å²) in [5.41, 5.74) is -0.195. The van der Waals surface area contributed by atoms with Gasteiger partial charge in [-0.05, 0) is 46.5 Å². The van der Waals surface area contributed by atoms with Crippen LogP contribution in [-0.4, -0.2) is 14.5 Å². The predicted octanol–water partition coefficient (Wildman–Crippen LogP) is 3.30. The summed E-state index contributed by atoms with van der Waals surface area (Å²) in [5, 5.41) is 0. The van der Waals surface area contributed by atoms with Crippen molar-refractivity contribution >= 4 is 26.0 Å². The zero-order valence-corrected chi connectivity index (χ0v) is 13.2. The maximum absolute atomic E-state index is 12.9. The van der Waals surface area contributed by atoms with Gasteiger partial charge in [0.15, 0.2) is 0 Å². The molecule has 0 saturated carbocycles. The second kappa shape index (κ2) is 5.27. The Morgan fingerprint density at radius 1 is 1.33 bits per heavy atom. The molecule has 1 unspecified atom stereocenters. The molecule has 3 nitrogen and oxygen atoms in total. The van der Waals surface area contributed by atoms with Gasteiger partial charge >= 0.3 is 0 Å². The summed E-state index contributed by atoms with van der Waals surface area (Å²) in [6.07, 6.45) is 0. The first kappa shape index (κ1) is 15.6. The summed E-state index contributed by atoms with van der Waals surface area (Å²) < 4.78 is 40.1.